The molecule has 19 heavy (non-hydrogen) atoms. The second kappa shape index (κ2) is 7.24. The van der Waals surface area contributed by atoms with Crippen molar-refractivity contribution in [2.75, 3.05) is 25.1 Å². The van der Waals surface area contributed by atoms with Crippen molar-refractivity contribution in [3.05, 3.63) is 11.1 Å². The third kappa shape index (κ3) is 4.31. The predicted octanol–water partition coefficient (Wildman–Crippen LogP) is 1.24. The minimum atomic E-state index is -0.0819. The van der Waals surface area contributed by atoms with E-state index in [1.807, 2.05) is 0 Å². The smallest absolute Gasteiger partial charge is 0.231 e. The number of anilines is 1. The molecule has 2 N–H and O–H groups in total. The Morgan fingerprint density at radius 1 is 1.68 bits per heavy atom. The Bertz CT molecular complexity index is 484. The molecule has 0 radical (unpaired) electrons. The molecular formula is C13H16N2O3S. The number of aliphatic hydroxyl groups is 1. The molecule has 102 valence electrons. The number of ether oxygens (including phenoxy) is 1. The monoisotopic (exact) mass is 280 g/mol. The van der Waals surface area contributed by atoms with E-state index in [9.17, 15) is 4.79 Å². The zero-order chi connectivity index (χ0) is 13.5. The SMILES string of the molecule is O=C(Nc1ncc(C#CCCO)s1)C1CCCOC1. The first-order valence-corrected chi connectivity index (χ1v) is 7.05. The fraction of sp³-hybridized carbons (Fsp3) is 0.538. The Morgan fingerprint density at radius 3 is 3.32 bits per heavy atom. The maximum atomic E-state index is 11.9. The van der Waals surface area contributed by atoms with Crippen molar-refractivity contribution in [3.63, 3.8) is 0 Å². The van der Waals surface area contributed by atoms with Gasteiger partial charge in [0.1, 0.15) is 0 Å². The third-order valence-electron chi connectivity index (χ3n) is 2.72. The van der Waals surface area contributed by atoms with Crippen LogP contribution in [-0.4, -0.2) is 35.8 Å². The number of rotatable bonds is 3. The van der Waals surface area contributed by atoms with E-state index in [4.69, 9.17) is 9.84 Å². The van der Waals surface area contributed by atoms with Gasteiger partial charge in [0.2, 0.25) is 5.91 Å². The van der Waals surface area contributed by atoms with Gasteiger partial charge in [-0.25, -0.2) is 4.98 Å². The first-order valence-electron chi connectivity index (χ1n) is 6.24. The topological polar surface area (TPSA) is 71.5 Å². The quantitative estimate of drug-likeness (QED) is 0.817. The molecule has 1 unspecified atom stereocenters. The summed E-state index contributed by atoms with van der Waals surface area (Å²) < 4.78 is 5.29. The Hall–Kier alpha value is -1.42. The van der Waals surface area contributed by atoms with Crippen LogP contribution < -0.4 is 5.32 Å². The molecule has 1 aromatic heterocycles. The largest absolute Gasteiger partial charge is 0.395 e. The van der Waals surface area contributed by atoms with Gasteiger partial charge in [0.25, 0.3) is 0 Å². The Balaban J connectivity index is 1.89. The lowest BCUT2D eigenvalue weighted by Crippen LogP contribution is -2.30. The number of amides is 1. The predicted molar refractivity (Wildman–Crippen MR) is 72.9 cm³/mol. The van der Waals surface area contributed by atoms with Crippen LogP contribution in [0.4, 0.5) is 5.13 Å². The van der Waals surface area contributed by atoms with E-state index in [1.165, 1.54) is 11.3 Å². The summed E-state index contributed by atoms with van der Waals surface area (Å²) in [5, 5.41) is 12.0. The van der Waals surface area contributed by atoms with E-state index >= 15 is 0 Å². The maximum Gasteiger partial charge on any atom is 0.231 e. The normalized spacial score (nSPS) is 18.5. The van der Waals surface area contributed by atoms with Crippen LogP contribution in [-0.2, 0) is 9.53 Å². The first kappa shape index (κ1) is 14.0. The van der Waals surface area contributed by atoms with Gasteiger partial charge < -0.3 is 15.2 Å². The number of hydrogen-bond acceptors (Lipinski definition) is 5. The first-order chi connectivity index (χ1) is 9.29. The number of hydrogen-bond donors (Lipinski definition) is 2. The van der Waals surface area contributed by atoms with Gasteiger partial charge in [-0.15, -0.1) is 0 Å². The minimum Gasteiger partial charge on any atom is -0.395 e. The van der Waals surface area contributed by atoms with Gasteiger partial charge in [0.15, 0.2) is 5.13 Å². The van der Waals surface area contributed by atoms with Gasteiger partial charge in [-0.05, 0) is 12.8 Å². The molecule has 0 aromatic carbocycles. The molecule has 0 bridgehead atoms. The molecule has 1 fully saturated rings. The van der Waals surface area contributed by atoms with Crippen molar-refractivity contribution < 1.29 is 14.6 Å². The fourth-order valence-electron chi connectivity index (χ4n) is 1.75. The molecule has 1 atom stereocenters. The maximum absolute atomic E-state index is 11.9. The van der Waals surface area contributed by atoms with Gasteiger partial charge in [-0.2, -0.15) is 0 Å². The summed E-state index contributed by atoms with van der Waals surface area (Å²) in [4.78, 5) is 16.8. The minimum absolute atomic E-state index is 0.0380. The van der Waals surface area contributed by atoms with Gasteiger partial charge in [0, 0.05) is 13.0 Å². The number of nitrogens with one attached hydrogen (secondary N) is 1. The number of carbonyl (C=O) groups excluding carboxylic acids is 1. The number of thiazole rings is 1. The molecule has 2 rings (SSSR count). The lowest BCUT2D eigenvalue weighted by molar-refractivity contribution is -0.123. The number of carbonyl (C=O) groups is 1. The second-order valence-electron chi connectivity index (χ2n) is 4.21. The lowest BCUT2D eigenvalue weighted by atomic mass is 10.0. The van der Waals surface area contributed by atoms with Gasteiger partial charge in [-0.1, -0.05) is 23.2 Å². The van der Waals surface area contributed by atoms with E-state index in [0.29, 0.717) is 18.2 Å². The van der Waals surface area contributed by atoms with E-state index in [1.54, 1.807) is 6.20 Å². The third-order valence-corrected chi connectivity index (χ3v) is 3.54. The van der Waals surface area contributed by atoms with Gasteiger partial charge >= 0.3 is 0 Å². The molecule has 1 aliphatic rings. The zero-order valence-corrected chi connectivity index (χ0v) is 11.3. The molecule has 2 heterocycles. The molecular weight excluding hydrogens is 264 g/mol. The van der Waals surface area contributed by atoms with Crippen LogP contribution in [0.25, 0.3) is 0 Å². The van der Waals surface area contributed by atoms with Crippen molar-refractivity contribution in [1.29, 1.82) is 0 Å². The van der Waals surface area contributed by atoms with Gasteiger partial charge in [0.05, 0.1) is 30.2 Å². The molecule has 1 aromatic rings. The highest BCUT2D eigenvalue weighted by atomic mass is 32.1. The highest BCUT2D eigenvalue weighted by Crippen LogP contribution is 2.20. The van der Waals surface area contributed by atoms with Crippen LogP contribution in [0.5, 0.6) is 0 Å². The molecule has 0 spiro atoms. The zero-order valence-electron chi connectivity index (χ0n) is 10.5. The average molecular weight is 280 g/mol. The highest BCUT2D eigenvalue weighted by Gasteiger charge is 2.22. The van der Waals surface area contributed by atoms with Crippen LogP contribution in [0.1, 0.15) is 24.1 Å². The summed E-state index contributed by atoms with van der Waals surface area (Å²) in [6, 6.07) is 0. The van der Waals surface area contributed by atoms with E-state index in [0.717, 1.165) is 24.3 Å². The molecule has 6 heteroatoms. The number of aromatic nitrogens is 1. The number of aliphatic hydroxyl groups excluding tert-OH is 1. The van der Waals surface area contributed by atoms with Gasteiger partial charge in [-0.3, -0.25) is 4.79 Å². The van der Waals surface area contributed by atoms with Crippen LogP contribution in [0.3, 0.4) is 0 Å². The van der Waals surface area contributed by atoms with E-state index in [2.05, 4.69) is 22.1 Å². The lowest BCUT2D eigenvalue weighted by Gasteiger charge is -2.20. The number of nitrogens with zero attached hydrogens (tertiary/aromatic N) is 1. The van der Waals surface area contributed by atoms with Crippen LogP contribution in [0.15, 0.2) is 6.20 Å². The summed E-state index contributed by atoms with van der Waals surface area (Å²) in [7, 11) is 0. The van der Waals surface area contributed by atoms with Crippen molar-refractivity contribution in [3.8, 4) is 11.8 Å². The summed E-state index contributed by atoms with van der Waals surface area (Å²) in [6.07, 6.45) is 3.86. The molecule has 1 aliphatic heterocycles. The van der Waals surface area contributed by atoms with E-state index < -0.39 is 0 Å². The van der Waals surface area contributed by atoms with E-state index in [-0.39, 0.29) is 18.4 Å². The molecule has 1 amide bonds. The Labute approximate surface area is 116 Å². The van der Waals surface area contributed by atoms with Crippen LogP contribution >= 0.6 is 11.3 Å². The molecule has 1 saturated heterocycles. The molecule has 0 saturated carbocycles. The van der Waals surface area contributed by atoms with Crippen molar-refractivity contribution in [2.45, 2.75) is 19.3 Å². The summed E-state index contributed by atoms with van der Waals surface area (Å²) in [5.41, 5.74) is 0. The second-order valence-corrected chi connectivity index (χ2v) is 5.24. The summed E-state index contributed by atoms with van der Waals surface area (Å²) in [6.45, 7) is 1.28. The standard InChI is InChI=1S/C13H16N2O3S/c16-6-2-1-5-11-8-14-13(19-11)15-12(17)10-4-3-7-18-9-10/h8,10,16H,2-4,6-7,9H2,(H,14,15,17). The summed E-state index contributed by atoms with van der Waals surface area (Å²) >= 11 is 1.34. The molecule has 0 aliphatic carbocycles. The van der Waals surface area contributed by atoms with Crippen molar-refractivity contribution in [2.24, 2.45) is 5.92 Å². The Kier molecular flexibility index (Phi) is 5.33. The molecule has 5 nitrogen and oxygen atoms in total. The summed E-state index contributed by atoms with van der Waals surface area (Å²) in [5.74, 6) is 5.59. The average Bonchev–Trinajstić information content (AvgIpc) is 2.88. The van der Waals surface area contributed by atoms with Crippen LogP contribution in [0.2, 0.25) is 0 Å². The highest BCUT2D eigenvalue weighted by molar-refractivity contribution is 7.16. The van der Waals surface area contributed by atoms with Crippen molar-refractivity contribution in [1.82, 2.24) is 4.98 Å². The van der Waals surface area contributed by atoms with Crippen LogP contribution in [0, 0.1) is 17.8 Å². The Morgan fingerprint density at radius 2 is 2.58 bits per heavy atom. The van der Waals surface area contributed by atoms with Crippen molar-refractivity contribution >= 4 is 22.4 Å². The fourth-order valence-corrected chi connectivity index (χ4v) is 2.44.